The first-order chi connectivity index (χ1) is 16.7. The maximum Gasteiger partial charge on any atom is 0.337 e. The third-order valence-corrected chi connectivity index (χ3v) is 9.02. The first kappa shape index (κ1) is 26.7. The molecule has 0 heterocycles. The Hall–Kier alpha value is -2.37. The molecule has 3 aliphatic carbocycles. The van der Waals surface area contributed by atoms with Crippen molar-refractivity contribution in [3.63, 3.8) is 0 Å². The summed E-state index contributed by atoms with van der Waals surface area (Å²) in [5, 5.41) is 3.02. The topological polar surface area (TPSA) is 75.7 Å². The average Bonchev–Trinajstić information content (AvgIpc) is 3.13. The Morgan fingerprint density at radius 3 is 2.33 bits per heavy atom. The van der Waals surface area contributed by atoms with E-state index in [-0.39, 0.29) is 29.2 Å². The Labute approximate surface area is 216 Å². The van der Waals surface area contributed by atoms with E-state index >= 15 is 0 Å². The summed E-state index contributed by atoms with van der Waals surface area (Å²) in [7, 11) is 1.42. The summed E-state index contributed by atoms with van der Waals surface area (Å²) in [4.78, 5) is 40.9. The fourth-order valence-corrected chi connectivity index (χ4v) is 7.50. The van der Waals surface area contributed by atoms with E-state index in [2.05, 4.69) is 18.3 Å². The molecule has 3 amide bonds. The Kier molecular flexibility index (Phi) is 6.81. The lowest BCUT2D eigenvalue weighted by molar-refractivity contribution is -0.141. The third kappa shape index (κ3) is 4.68. The number of nitrogens with one attached hydrogen (secondary N) is 1. The Balaban J connectivity index is 1.59. The normalized spacial score (nSPS) is 29.4. The van der Waals surface area contributed by atoms with Crippen LogP contribution in [0.5, 0.6) is 0 Å². The number of aryl methyl sites for hydroxylation is 1. The number of methoxy groups -OCH3 is 1. The minimum absolute atomic E-state index is 0.0216. The highest BCUT2D eigenvalue weighted by atomic mass is 16.5. The molecule has 198 valence electrons. The van der Waals surface area contributed by atoms with Crippen molar-refractivity contribution in [1.82, 2.24) is 10.2 Å². The second-order valence-corrected chi connectivity index (χ2v) is 13.5. The summed E-state index contributed by atoms with van der Waals surface area (Å²) in [6.45, 7) is 14.0. The minimum atomic E-state index is -0.598. The van der Waals surface area contributed by atoms with Gasteiger partial charge in [0.25, 0.3) is 0 Å². The highest BCUT2D eigenvalue weighted by Crippen LogP contribution is 2.63. The lowest BCUT2D eigenvalue weighted by Crippen LogP contribution is -2.59. The van der Waals surface area contributed by atoms with Gasteiger partial charge in [0.05, 0.1) is 12.7 Å². The van der Waals surface area contributed by atoms with Gasteiger partial charge in [-0.05, 0) is 126 Å². The number of urea groups is 1. The zero-order chi connectivity index (χ0) is 26.6. The van der Waals surface area contributed by atoms with Crippen LogP contribution in [0.1, 0.15) is 108 Å². The van der Waals surface area contributed by atoms with Crippen LogP contribution in [0.4, 0.5) is 4.79 Å². The first-order valence-corrected chi connectivity index (χ1v) is 13.5. The van der Waals surface area contributed by atoms with Crippen molar-refractivity contribution in [2.75, 3.05) is 7.11 Å². The smallest absolute Gasteiger partial charge is 0.337 e. The predicted octanol–water partition coefficient (Wildman–Crippen LogP) is 6.08. The molecule has 6 nitrogen and oxygen atoms in total. The molecule has 2 saturated carbocycles. The molecule has 1 N–H and O–H groups in total. The minimum Gasteiger partial charge on any atom is -0.465 e. The highest BCUT2D eigenvalue weighted by Gasteiger charge is 2.58. The van der Waals surface area contributed by atoms with Crippen LogP contribution < -0.4 is 5.32 Å². The van der Waals surface area contributed by atoms with Gasteiger partial charge in [0.15, 0.2) is 0 Å². The van der Waals surface area contributed by atoms with Gasteiger partial charge in [0.1, 0.15) is 0 Å². The Bertz CT molecular complexity index is 1050. The molecule has 1 aromatic carbocycles. The molecule has 4 rings (SSSR count). The van der Waals surface area contributed by atoms with Crippen molar-refractivity contribution in [1.29, 1.82) is 0 Å². The van der Waals surface area contributed by atoms with Crippen LogP contribution in [0.2, 0.25) is 0 Å². The average molecular weight is 497 g/mol. The summed E-state index contributed by atoms with van der Waals surface area (Å²) in [6, 6.07) is 5.75. The molecule has 0 aromatic heterocycles. The van der Waals surface area contributed by atoms with E-state index in [0.717, 1.165) is 38.5 Å². The second kappa shape index (κ2) is 9.18. The Morgan fingerprint density at radius 1 is 1.03 bits per heavy atom. The monoisotopic (exact) mass is 496 g/mol. The molecule has 0 saturated heterocycles. The lowest BCUT2D eigenvalue weighted by atomic mass is 9.54. The van der Waals surface area contributed by atoms with Crippen LogP contribution >= 0.6 is 0 Å². The van der Waals surface area contributed by atoms with Gasteiger partial charge in [0.2, 0.25) is 5.91 Å². The molecule has 0 bridgehead atoms. The van der Waals surface area contributed by atoms with E-state index in [9.17, 15) is 14.4 Å². The molecular weight excluding hydrogens is 452 g/mol. The van der Waals surface area contributed by atoms with Crippen LogP contribution in [0.3, 0.4) is 0 Å². The molecule has 1 aromatic rings. The molecular formula is C30H44N2O4. The molecule has 36 heavy (non-hydrogen) atoms. The van der Waals surface area contributed by atoms with Gasteiger partial charge in [-0.2, -0.15) is 0 Å². The van der Waals surface area contributed by atoms with Crippen molar-refractivity contribution >= 4 is 17.9 Å². The zero-order valence-corrected chi connectivity index (χ0v) is 23.4. The van der Waals surface area contributed by atoms with Gasteiger partial charge in [-0.3, -0.25) is 9.69 Å². The number of nitrogens with zero attached hydrogens (tertiary/aromatic N) is 1. The molecule has 3 aliphatic rings. The summed E-state index contributed by atoms with van der Waals surface area (Å²) in [5.74, 6) is 1.02. The van der Waals surface area contributed by atoms with Crippen molar-refractivity contribution < 1.29 is 19.1 Å². The lowest BCUT2D eigenvalue weighted by Gasteiger charge is -2.51. The van der Waals surface area contributed by atoms with Gasteiger partial charge in [-0.15, -0.1) is 0 Å². The van der Waals surface area contributed by atoms with E-state index in [0.29, 0.717) is 23.3 Å². The molecule has 0 aliphatic heterocycles. The number of carbonyl (C=O) groups excluding carboxylic acids is 3. The number of hydrogen-bond donors (Lipinski definition) is 1. The number of imide groups is 1. The van der Waals surface area contributed by atoms with Crippen LogP contribution in [0.15, 0.2) is 18.2 Å². The molecule has 2 fully saturated rings. The van der Waals surface area contributed by atoms with Crippen molar-refractivity contribution in [2.45, 2.75) is 104 Å². The largest absolute Gasteiger partial charge is 0.465 e. The molecule has 6 heteroatoms. The zero-order valence-electron chi connectivity index (χ0n) is 23.4. The highest BCUT2D eigenvalue weighted by molar-refractivity contribution is 5.97. The summed E-state index contributed by atoms with van der Waals surface area (Å²) in [5.41, 5.74) is 2.15. The Morgan fingerprint density at radius 2 is 1.72 bits per heavy atom. The van der Waals surface area contributed by atoms with Crippen molar-refractivity contribution in [3.8, 4) is 0 Å². The van der Waals surface area contributed by atoms with Gasteiger partial charge < -0.3 is 10.1 Å². The molecule has 0 radical (unpaired) electrons. The summed E-state index contributed by atoms with van der Waals surface area (Å²) < 4.78 is 4.92. The first-order valence-electron chi connectivity index (χ1n) is 13.5. The standard InChI is InChI=1S/C30H44N2O4/c1-28(2,3)31-27(35)32(29(4,5)6)25(33)24-14-13-23-22-12-9-18-17-19(26(34)36-8)10-11-20(18)21(22)15-16-30(23,24)7/h10-11,17,21-24H,9,12-16H2,1-8H3,(H,31,35)/t21-,22-,23+,24-,30+/m1/s1. The van der Waals surface area contributed by atoms with Crippen LogP contribution in [-0.2, 0) is 16.0 Å². The van der Waals surface area contributed by atoms with Gasteiger partial charge in [-0.25, -0.2) is 9.59 Å². The maximum absolute atomic E-state index is 14.1. The number of fused-ring (bicyclic) bond motifs is 5. The van der Waals surface area contributed by atoms with Crippen LogP contribution in [0.25, 0.3) is 0 Å². The van der Waals surface area contributed by atoms with Gasteiger partial charge >= 0.3 is 12.0 Å². The van der Waals surface area contributed by atoms with E-state index in [1.165, 1.54) is 23.1 Å². The predicted molar refractivity (Wildman–Crippen MR) is 141 cm³/mol. The van der Waals surface area contributed by atoms with E-state index < -0.39 is 11.1 Å². The quantitative estimate of drug-likeness (QED) is 0.504. The summed E-state index contributed by atoms with van der Waals surface area (Å²) >= 11 is 0. The molecule has 0 unspecified atom stereocenters. The van der Waals surface area contributed by atoms with Crippen molar-refractivity contribution in [2.24, 2.45) is 23.2 Å². The maximum atomic E-state index is 14.1. The number of hydrogen-bond acceptors (Lipinski definition) is 4. The summed E-state index contributed by atoms with van der Waals surface area (Å²) in [6.07, 6.45) is 5.92. The number of amides is 3. The third-order valence-electron chi connectivity index (χ3n) is 9.02. The van der Waals surface area contributed by atoms with E-state index in [4.69, 9.17) is 4.74 Å². The number of rotatable bonds is 2. The van der Waals surface area contributed by atoms with Crippen LogP contribution in [-0.4, -0.2) is 41.0 Å². The second-order valence-electron chi connectivity index (χ2n) is 13.5. The van der Waals surface area contributed by atoms with Gasteiger partial charge in [0, 0.05) is 17.0 Å². The van der Waals surface area contributed by atoms with Crippen LogP contribution in [0, 0.1) is 23.2 Å². The molecule has 0 spiro atoms. The molecule has 5 atom stereocenters. The fraction of sp³-hybridized carbons (Fsp3) is 0.700. The van der Waals surface area contributed by atoms with Gasteiger partial charge in [-0.1, -0.05) is 13.0 Å². The number of carbonyl (C=O) groups is 3. The number of esters is 1. The fourth-order valence-electron chi connectivity index (χ4n) is 7.50. The van der Waals surface area contributed by atoms with E-state index in [1.54, 1.807) is 0 Å². The van der Waals surface area contributed by atoms with Crippen molar-refractivity contribution in [3.05, 3.63) is 34.9 Å². The number of ether oxygens (including phenoxy) is 1. The number of benzene rings is 1. The van der Waals surface area contributed by atoms with E-state index in [1.807, 2.05) is 53.7 Å². The SMILES string of the molecule is COC(=O)c1ccc2c(c1)CC[C@@H]1[C@@H]2CC[C@]2(C)[C@@H](C(=O)N(C(=O)NC(C)(C)C)C(C)(C)C)CC[C@@H]12.